The third-order valence-corrected chi connectivity index (χ3v) is 8.50. The number of rotatable bonds is 5. The second-order valence-electron chi connectivity index (χ2n) is 8.21. The Bertz CT molecular complexity index is 1460. The molecular weight excluding hydrogens is 468 g/mol. The Morgan fingerprint density at radius 3 is 2.62 bits per heavy atom. The Labute approximate surface area is 204 Å². The lowest BCUT2D eigenvalue weighted by Crippen LogP contribution is -2.48. The van der Waals surface area contributed by atoms with Gasteiger partial charge in [0.2, 0.25) is 11.7 Å². The number of carbonyl (C=O) groups is 1. The molecule has 0 N–H and O–H groups in total. The van der Waals surface area contributed by atoms with Crippen molar-refractivity contribution in [3.63, 3.8) is 0 Å². The first kappa shape index (κ1) is 21.3. The minimum absolute atomic E-state index is 0.122. The van der Waals surface area contributed by atoms with Gasteiger partial charge in [-0.05, 0) is 36.4 Å². The number of nitrogens with zero attached hydrogens (tertiary/aromatic N) is 4. The molecular formula is C25H22N4O3S2. The van der Waals surface area contributed by atoms with E-state index in [1.165, 1.54) is 19.5 Å². The third kappa shape index (κ3) is 3.96. The van der Waals surface area contributed by atoms with Gasteiger partial charge in [0.15, 0.2) is 0 Å². The van der Waals surface area contributed by atoms with Crippen LogP contribution in [0.4, 0.5) is 0 Å². The van der Waals surface area contributed by atoms with Gasteiger partial charge in [-0.2, -0.15) is 4.98 Å². The maximum absolute atomic E-state index is 13.1. The molecule has 1 saturated heterocycles. The summed E-state index contributed by atoms with van der Waals surface area (Å²) >= 11 is 3.36. The van der Waals surface area contributed by atoms with Gasteiger partial charge in [-0.25, -0.2) is 0 Å². The van der Waals surface area contributed by atoms with Gasteiger partial charge in [-0.15, -0.1) is 22.7 Å². The fourth-order valence-electron chi connectivity index (χ4n) is 4.24. The molecule has 0 spiro atoms. The SMILES string of the molecule is COc1ccc(-c2noc(CN3CCN(C(=O)c4cc5sc6ccccc6c5s4)CC3)n2)cc1. The van der Waals surface area contributed by atoms with Crippen molar-refractivity contribution >= 4 is 48.1 Å². The Hall–Kier alpha value is -3.27. The van der Waals surface area contributed by atoms with Crippen molar-refractivity contribution in [1.29, 1.82) is 0 Å². The summed E-state index contributed by atoms with van der Waals surface area (Å²) in [6, 6.07) is 18.0. The fourth-order valence-corrected chi connectivity index (χ4v) is 6.73. The molecule has 1 fully saturated rings. The van der Waals surface area contributed by atoms with Crippen LogP contribution >= 0.6 is 22.7 Å². The van der Waals surface area contributed by atoms with Crippen LogP contribution in [0, 0.1) is 0 Å². The lowest BCUT2D eigenvalue weighted by molar-refractivity contribution is 0.0620. The molecule has 0 radical (unpaired) electrons. The minimum Gasteiger partial charge on any atom is -0.497 e. The van der Waals surface area contributed by atoms with E-state index in [-0.39, 0.29) is 5.91 Å². The molecule has 7 nitrogen and oxygen atoms in total. The molecule has 5 aromatic rings. The van der Waals surface area contributed by atoms with Gasteiger partial charge in [0.1, 0.15) is 5.75 Å². The van der Waals surface area contributed by atoms with E-state index >= 15 is 0 Å². The van der Waals surface area contributed by atoms with E-state index in [9.17, 15) is 4.79 Å². The highest BCUT2D eigenvalue weighted by Crippen LogP contribution is 2.39. The molecule has 1 aliphatic heterocycles. The lowest BCUT2D eigenvalue weighted by Gasteiger charge is -2.33. The molecule has 1 aliphatic rings. The normalized spacial score (nSPS) is 14.8. The third-order valence-electron chi connectivity index (χ3n) is 6.10. The average molecular weight is 491 g/mol. The summed E-state index contributed by atoms with van der Waals surface area (Å²) in [7, 11) is 1.64. The van der Waals surface area contributed by atoms with Crippen molar-refractivity contribution < 1.29 is 14.1 Å². The predicted octanol–water partition coefficient (Wildman–Crippen LogP) is 5.13. The zero-order valence-corrected chi connectivity index (χ0v) is 20.2. The second kappa shape index (κ2) is 8.83. The van der Waals surface area contributed by atoms with Crippen LogP contribution in [-0.2, 0) is 6.54 Å². The van der Waals surface area contributed by atoms with E-state index in [0.29, 0.717) is 31.3 Å². The second-order valence-corrected chi connectivity index (χ2v) is 10.3. The van der Waals surface area contributed by atoms with Gasteiger partial charge >= 0.3 is 0 Å². The van der Waals surface area contributed by atoms with E-state index < -0.39 is 0 Å². The summed E-state index contributed by atoms with van der Waals surface area (Å²) < 4.78 is 14.3. The van der Waals surface area contributed by atoms with E-state index in [0.717, 1.165) is 29.3 Å². The summed E-state index contributed by atoms with van der Waals surface area (Å²) in [5, 5.41) is 5.35. The first-order chi connectivity index (χ1) is 16.7. The zero-order chi connectivity index (χ0) is 23.1. The van der Waals surface area contributed by atoms with Crippen molar-refractivity contribution in [2.24, 2.45) is 0 Å². The van der Waals surface area contributed by atoms with Crippen LogP contribution in [0.5, 0.6) is 5.75 Å². The maximum Gasteiger partial charge on any atom is 0.264 e. The van der Waals surface area contributed by atoms with Crippen molar-refractivity contribution in [3.8, 4) is 17.1 Å². The number of hydrogen-bond acceptors (Lipinski definition) is 8. The number of benzene rings is 2. The number of thiophene rings is 2. The fraction of sp³-hybridized carbons (Fsp3) is 0.240. The number of ether oxygens (including phenoxy) is 1. The summed E-state index contributed by atoms with van der Waals surface area (Å²) in [4.78, 5) is 22.7. The molecule has 0 atom stereocenters. The molecule has 0 aliphatic carbocycles. The quantitative estimate of drug-likeness (QED) is 0.340. The first-order valence-electron chi connectivity index (χ1n) is 11.1. The highest BCUT2D eigenvalue weighted by Gasteiger charge is 2.25. The largest absolute Gasteiger partial charge is 0.497 e. The smallest absolute Gasteiger partial charge is 0.264 e. The van der Waals surface area contributed by atoms with Gasteiger partial charge in [0.25, 0.3) is 5.91 Å². The predicted molar refractivity (Wildman–Crippen MR) is 135 cm³/mol. The van der Waals surface area contributed by atoms with Crippen LogP contribution in [0.15, 0.2) is 59.1 Å². The Kier molecular flexibility index (Phi) is 5.52. The minimum atomic E-state index is 0.122. The van der Waals surface area contributed by atoms with E-state index in [2.05, 4.69) is 45.4 Å². The van der Waals surface area contributed by atoms with Gasteiger partial charge in [0, 0.05) is 46.5 Å². The Morgan fingerprint density at radius 1 is 1.03 bits per heavy atom. The summed E-state index contributed by atoms with van der Waals surface area (Å²) in [5.74, 6) is 2.06. The van der Waals surface area contributed by atoms with Crippen LogP contribution in [0.3, 0.4) is 0 Å². The number of methoxy groups -OCH3 is 1. The molecule has 4 heterocycles. The van der Waals surface area contributed by atoms with Gasteiger partial charge < -0.3 is 14.2 Å². The molecule has 3 aromatic heterocycles. The molecule has 2 aromatic carbocycles. The van der Waals surface area contributed by atoms with Crippen LogP contribution in [-0.4, -0.2) is 59.1 Å². The number of piperazine rings is 1. The van der Waals surface area contributed by atoms with Crippen molar-refractivity contribution in [3.05, 3.63) is 65.4 Å². The average Bonchev–Trinajstić information content (AvgIpc) is 3.59. The van der Waals surface area contributed by atoms with Crippen molar-refractivity contribution in [1.82, 2.24) is 19.9 Å². The first-order valence-corrected chi connectivity index (χ1v) is 12.7. The lowest BCUT2D eigenvalue weighted by atomic mass is 10.2. The topological polar surface area (TPSA) is 71.7 Å². The number of aromatic nitrogens is 2. The van der Waals surface area contributed by atoms with Gasteiger partial charge in [-0.3, -0.25) is 9.69 Å². The van der Waals surface area contributed by atoms with Crippen LogP contribution < -0.4 is 4.74 Å². The Balaban J connectivity index is 1.08. The Morgan fingerprint density at radius 2 is 1.82 bits per heavy atom. The van der Waals surface area contributed by atoms with E-state index in [1.54, 1.807) is 29.8 Å². The highest BCUT2D eigenvalue weighted by molar-refractivity contribution is 7.33. The molecule has 6 rings (SSSR count). The number of fused-ring (bicyclic) bond motifs is 3. The van der Waals surface area contributed by atoms with E-state index in [1.807, 2.05) is 29.2 Å². The van der Waals surface area contributed by atoms with Gasteiger partial charge in [0.05, 0.1) is 23.2 Å². The number of carbonyl (C=O) groups excluding carboxylic acids is 1. The van der Waals surface area contributed by atoms with E-state index in [4.69, 9.17) is 9.26 Å². The molecule has 0 unspecified atom stereocenters. The zero-order valence-electron chi connectivity index (χ0n) is 18.6. The molecule has 0 bridgehead atoms. The number of amides is 1. The monoisotopic (exact) mass is 490 g/mol. The van der Waals surface area contributed by atoms with Gasteiger partial charge in [-0.1, -0.05) is 23.4 Å². The maximum atomic E-state index is 13.1. The standard InChI is InChI=1S/C25H22N4O3S2/c1-31-17-8-6-16(7-9-17)24-26-22(32-27-24)15-28-10-12-29(13-11-28)25(30)21-14-20-23(34-21)18-4-2-3-5-19(18)33-20/h2-9,14H,10-13,15H2,1H3. The molecule has 9 heteroatoms. The van der Waals surface area contributed by atoms with Crippen LogP contribution in [0.2, 0.25) is 0 Å². The number of hydrogen-bond donors (Lipinski definition) is 0. The van der Waals surface area contributed by atoms with Crippen LogP contribution in [0.1, 0.15) is 15.6 Å². The molecule has 34 heavy (non-hydrogen) atoms. The van der Waals surface area contributed by atoms with Crippen LogP contribution in [0.25, 0.3) is 30.9 Å². The van der Waals surface area contributed by atoms with Crippen molar-refractivity contribution in [2.75, 3.05) is 33.3 Å². The molecule has 1 amide bonds. The highest BCUT2D eigenvalue weighted by atomic mass is 32.1. The summed E-state index contributed by atoms with van der Waals surface area (Å²) in [6.45, 7) is 3.49. The van der Waals surface area contributed by atoms with Crippen molar-refractivity contribution in [2.45, 2.75) is 6.54 Å². The molecule has 0 saturated carbocycles. The molecule has 172 valence electrons. The summed E-state index contributed by atoms with van der Waals surface area (Å²) in [5.41, 5.74) is 0.884. The summed E-state index contributed by atoms with van der Waals surface area (Å²) in [6.07, 6.45) is 0.